The second-order valence-corrected chi connectivity index (χ2v) is 10.2. The molecule has 0 aromatic carbocycles. The van der Waals surface area contributed by atoms with Gasteiger partial charge in [-0.15, -0.1) is 0 Å². The van der Waals surface area contributed by atoms with Crippen molar-refractivity contribution in [2.24, 2.45) is 0 Å². The van der Waals surface area contributed by atoms with Crippen molar-refractivity contribution in [1.82, 2.24) is 14.3 Å². The van der Waals surface area contributed by atoms with Gasteiger partial charge in [0.25, 0.3) is 11.5 Å². The van der Waals surface area contributed by atoms with E-state index in [0.717, 1.165) is 44.3 Å². The van der Waals surface area contributed by atoms with Crippen molar-refractivity contribution in [1.29, 1.82) is 0 Å². The second kappa shape index (κ2) is 10.2. The van der Waals surface area contributed by atoms with Crippen LogP contribution >= 0.6 is 24.0 Å². The van der Waals surface area contributed by atoms with Crippen molar-refractivity contribution in [3.05, 3.63) is 44.7 Å². The Kier molecular flexibility index (Phi) is 7.30. The SMILES string of the molecule is CCCCCCCN1C(=O)C(=Cc2c(N3CCCC3)nc3ccc(C)cn3c2=O)SC1=S. The number of thiocarbonyl (C=S) groups is 1. The minimum atomic E-state index is -0.148. The molecule has 2 saturated heterocycles. The van der Waals surface area contributed by atoms with Crippen LogP contribution in [0.1, 0.15) is 63.0 Å². The van der Waals surface area contributed by atoms with E-state index in [1.165, 1.54) is 31.0 Å². The van der Waals surface area contributed by atoms with Crippen LogP contribution in [0.4, 0.5) is 5.82 Å². The first-order valence-corrected chi connectivity index (χ1v) is 12.8. The number of carbonyl (C=O) groups is 1. The van der Waals surface area contributed by atoms with Crippen LogP contribution in [-0.4, -0.2) is 44.1 Å². The Hall–Kier alpha value is -2.19. The number of hydrogen-bond donors (Lipinski definition) is 0. The molecule has 2 aromatic heterocycles. The molecule has 2 fully saturated rings. The van der Waals surface area contributed by atoms with Gasteiger partial charge >= 0.3 is 0 Å². The number of aryl methyl sites for hydroxylation is 1. The summed E-state index contributed by atoms with van der Waals surface area (Å²) in [5.74, 6) is 0.567. The van der Waals surface area contributed by atoms with Gasteiger partial charge in [0.05, 0.1) is 10.5 Å². The zero-order chi connectivity index (χ0) is 22.7. The van der Waals surface area contributed by atoms with Gasteiger partial charge < -0.3 is 4.90 Å². The summed E-state index contributed by atoms with van der Waals surface area (Å²) in [6.07, 6.45) is 11.3. The third-order valence-corrected chi connectivity index (χ3v) is 7.40. The molecule has 0 spiro atoms. The van der Waals surface area contributed by atoms with Gasteiger partial charge in [-0.2, -0.15) is 0 Å². The van der Waals surface area contributed by atoms with Crippen LogP contribution in [0.15, 0.2) is 28.0 Å². The van der Waals surface area contributed by atoms with Crippen LogP contribution in [-0.2, 0) is 4.79 Å². The number of rotatable bonds is 8. The monoisotopic (exact) mass is 470 g/mol. The zero-order valence-corrected chi connectivity index (χ0v) is 20.4. The number of unbranched alkanes of at least 4 members (excludes halogenated alkanes) is 4. The molecular formula is C24H30N4O2S2. The summed E-state index contributed by atoms with van der Waals surface area (Å²) in [7, 11) is 0. The molecule has 4 rings (SSSR count). The lowest BCUT2D eigenvalue weighted by Gasteiger charge is -2.19. The minimum Gasteiger partial charge on any atom is -0.356 e. The summed E-state index contributed by atoms with van der Waals surface area (Å²) in [5, 5.41) is 0. The third kappa shape index (κ3) is 4.76. The number of fused-ring (bicyclic) bond motifs is 1. The predicted octanol–water partition coefficient (Wildman–Crippen LogP) is 4.77. The molecule has 0 atom stereocenters. The molecular weight excluding hydrogens is 440 g/mol. The maximum atomic E-state index is 13.5. The smallest absolute Gasteiger partial charge is 0.267 e. The van der Waals surface area contributed by atoms with Gasteiger partial charge in [0.2, 0.25) is 0 Å². The van der Waals surface area contributed by atoms with Gasteiger partial charge in [0, 0.05) is 25.8 Å². The maximum absolute atomic E-state index is 13.5. The average Bonchev–Trinajstić information content (AvgIpc) is 3.40. The summed E-state index contributed by atoms with van der Waals surface area (Å²) in [6, 6.07) is 3.83. The van der Waals surface area contributed by atoms with Crippen LogP contribution in [0.2, 0.25) is 0 Å². The standard InChI is InChI=1S/C24H30N4O2S2/c1-3-4-5-6-7-14-27-23(30)19(32-24(27)31)15-18-21(26-12-8-9-13-26)25-20-11-10-17(2)16-28(20)22(18)29/h10-11,15-16H,3-9,12-14H2,1-2H3. The lowest BCUT2D eigenvalue weighted by Crippen LogP contribution is -2.29. The highest BCUT2D eigenvalue weighted by atomic mass is 32.2. The Morgan fingerprint density at radius 2 is 1.88 bits per heavy atom. The fourth-order valence-electron chi connectivity index (χ4n) is 4.24. The highest BCUT2D eigenvalue weighted by Crippen LogP contribution is 2.34. The van der Waals surface area contributed by atoms with E-state index in [-0.39, 0.29) is 11.5 Å². The Labute approximate surface area is 198 Å². The van der Waals surface area contributed by atoms with Crippen LogP contribution in [0.25, 0.3) is 11.7 Å². The van der Waals surface area contributed by atoms with Gasteiger partial charge in [-0.1, -0.05) is 62.7 Å². The number of pyridine rings is 1. The zero-order valence-electron chi connectivity index (χ0n) is 18.8. The Morgan fingerprint density at radius 3 is 2.62 bits per heavy atom. The van der Waals surface area contributed by atoms with E-state index < -0.39 is 0 Å². The van der Waals surface area contributed by atoms with E-state index in [9.17, 15) is 9.59 Å². The van der Waals surface area contributed by atoms with Crippen LogP contribution in [0, 0.1) is 6.92 Å². The summed E-state index contributed by atoms with van der Waals surface area (Å²) in [6.45, 7) is 6.52. The Balaban J connectivity index is 1.67. The van der Waals surface area contributed by atoms with Gasteiger partial charge in [-0.25, -0.2) is 4.98 Å². The highest BCUT2D eigenvalue weighted by molar-refractivity contribution is 8.26. The van der Waals surface area contributed by atoms with Crippen molar-refractivity contribution >= 4 is 51.7 Å². The molecule has 170 valence electrons. The molecule has 4 heterocycles. The van der Waals surface area contributed by atoms with E-state index in [4.69, 9.17) is 17.2 Å². The molecule has 0 N–H and O–H groups in total. The predicted molar refractivity (Wildman–Crippen MR) is 136 cm³/mol. The van der Waals surface area contributed by atoms with E-state index in [1.54, 1.807) is 21.6 Å². The number of amides is 1. The van der Waals surface area contributed by atoms with Crippen LogP contribution in [0.5, 0.6) is 0 Å². The number of aromatic nitrogens is 2. The average molecular weight is 471 g/mol. The van der Waals surface area contributed by atoms with Gasteiger partial charge in [-0.05, 0) is 43.9 Å². The first kappa shape index (κ1) is 23.0. The van der Waals surface area contributed by atoms with Crippen molar-refractivity contribution in [2.45, 2.75) is 58.8 Å². The molecule has 2 aliphatic heterocycles. The normalized spacial score (nSPS) is 18.0. The highest BCUT2D eigenvalue weighted by Gasteiger charge is 2.32. The van der Waals surface area contributed by atoms with Gasteiger partial charge in [-0.3, -0.25) is 18.9 Å². The van der Waals surface area contributed by atoms with E-state index in [1.807, 2.05) is 19.1 Å². The second-order valence-electron chi connectivity index (χ2n) is 8.53. The first-order chi connectivity index (χ1) is 15.5. The number of anilines is 1. The summed E-state index contributed by atoms with van der Waals surface area (Å²) in [4.78, 5) is 35.7. The van der Waals surface area contributed by atoms with E-state index in [0.29, 0.717) is 32.8 Å². The van der Waals surface area contributed by atoms with E-state index >= 15 is 0 Å². The maximum Gasteiger partial charge on any atom is 0.267 e. The molecule has 2 aliphatic rings. The fourth-order valence-corrected chi connectivity index (χ4v) is 5.53. The largest absolute Gasteiger partial charge is 0.356 e. The molecule has 1 amide bonds. The molecule has 0 unspecified atom stereocenters. The van der Waals surface area contributed by atoms with Crippen molar-refractivity contribution < 1.29 is 4.79 Å². The lowest BCUT2D eigenvalue weighted by atomic mass is 10.1. The lowest BCUT2D eigenvalue weighted by molar-refractivity contribution is -0.122. The van der Waals surface area contributed by atoms with Crippen LogP contribution in [0.3, 0.4) is 0 Å². The van der Waals surface area contributed by atoms with Gasteiger partial charge in [0.15, 0.2) is 0 Å². The molecule has 0 bridgehead atoms. The first-order valence-electron chi connectivity index (χ1n) is 11.5. The molecule has 2 aromatic rings. The fraction of sp³-hybridized carbons (Fsp3) is 0.500. The van der Waals surface area contributed by atoms with Crippen molar-refractivity contribution in [3.8, 4) is 0 Å². The molecule has 6 nitrogen and oxygen atoms in total. The summed E-state index contributed by atoms with van der Waals surface area (Å²) >= 11 is 6.78. The van der Waals surface area contributed by atoms with Crippen molar-refractivity contribution in [2.75, 3.05) is 24.5 Å². The Morgan fingerprint density at radius 1 is 1.12 bits per heavy atom. The molecule has 0 saturated carbocycles. The number of carbonyl (C=O) groups excluding carboxylic acids is 1. The number of thioether (sulfide) groups is 1. The minimum absolute atomic E-state index is 0.100. The van der Waals surface area contributed by atoms with Gasteiger partial charge in [0.1, 0.15) is 15.8 Å². The third-order valence-electron chi connectivity index (χ3n) is 6.03. The topological polar surface area (TPSA) is 57.9 Å². The van der Waals surface area contributed by atoms with Crippen molar-refractivity contribution in [3.63, 3.8) is 0 Å². The number of nitrogens with zero attached hydrogens (tertiary/aromatic N) is 4. The quantitative estimate of drug-likeness (QED) is 0.315. The molecule has 8 heteroatoms. The molecule has 0 aliphatic carbocycles. The molecule has 32 heavy (non-hydrogen) atoms. The van der Waals surface area contributed by atoms with E-state index in [2.05, 4.69) is 11.8 Å². The molecule has 0 radical (unpaired) electrons. The summed E-state index contributed by atoms with van der Waals surface area (Å²) < 4.78 is 2.15. The Bertz CT molecular complexity index is 1120. The summed E-state index contributed by atoms with van der Waals surface area (Å²) in [5.41, 5.74) is 1.93. The van der Waals surface area contributed by atoms with Crippen LogP contribution < -0.4 is 10.5 Å². The number of hydrogen-bond acceptors (Lipinski definition) is 6.